The highest BCUT2D eigenvalue weighted by Gasteiger charge is 2.16. The number of H-pyrrole nitrogens is 1. The predicted molar refractivity (Wildman–Crippen MR) is 117 cm³/mol. The van der Waals surface area contributed by atoms with Gasteiger partial charge in [0.15, 0.2) is 0 Å². The van der Waals surface area contributed by atoms with Crippen molar-refractivity contribution in [1.82, 2.24) is 14.9 Å². The number of aromatic amines is 1. The summed E-state index contributed by atoms with van der Waals surface area (Å²) in [4.78, 5) is 23.8. The number of aliphatic hydroxyl groups is 1. The minimum atomic E-state index is -0.652. The molecule has 0 spiro atoms. The summed E-state index contributed by atoms with van der Waals surface area (Å²) >= 11 is 1.53. The summed E-state index contributed by atoms with van der Waals surface area (Å²) in [6.45, 7) is 9.80. The molecule has 0 radical (unpaired) electrons. The second-order valence-electron chi connectivity index (χ2n) is 7.11. The first-order valence-electron chi connectivity index (χ1n) is 9.59. The number of nitrogens with one attached hydrogen (secondary N) is 1. The average molecular weight is 414 g/mol. The van der Waals surface area contributed by atoms with Gasteiger partial charge < -0.3 is 14.8 Å². The Balaban J connectivity index is 1.61. The summed E-state index contributed by atoms with van der Waals surface area (Å²) < 4.78 is 5.63. The Labute approximate surface area is 174 Å². The molecule has 0 saturated carbocycles. The highest BCUT2D eigenvalue weighted by Crippen LogP contribution is 2.25. The van der Waals surface area contributed by atoms with E-state index in [-0.39, 0.29) is 12.2 Å². The van der Waals surface area contributed by atoms with Gasteiger partial charge in [0.25, 0.3) is 5.56 Å². The summed E-state index contributed by atoms with van der Waals surface area (Å²) in [6.07, 6.45) is 1.12. The molecule has 0 aliphatic carbocycles. The van der Waals surface area contributed by atoms with Crippen LogP contribution in [0, 0.1) is 13.8 Å². The number of aryl methyl sites for hydroxylation is 2. The zero-order chi connectivity index (χ0) is 20.8. The molecular weight excluding hydrogens is 386 g/mol. The van der Waals surface area contributed by atoms with E-state index in [2.05, 4.69) is 16.5 Å². The van der Waals surface area contributed by atoms with Crippen molar-refractivity contribution in [3.63, 3.8) is 0 Å². The Hall–Kier alpha value is -2.32. The summed E-state index contributed by atoms with van der Waals surface area (Å²) in [5.74, 6) is 0.586. The van der Waals surface area contributed by atoms with E-state index in [1.165, 1.54) is 11.3 Å². The van der Waals surface area contributed by atoms with Gasteiger partial charge in [-0.25, -0.2) is 4.98 Å². The van der Waals surface area contributed by atoms with Crippen LogP contribution in [0.5, 0.6) is 0 Å². The molecule has 1 atom stereocenters. The molecule has 7 heteroatoms. The summed E-state index contributed by atoms with van der Waals surface area (Å²) in [7, 11) is 0. The van der Waals surface area contributed by atoms with E-state index in [0.717, 1.165) is 20.8 Å². The van der Waals surface area contributed by atoms with E-state index in [4.69, 9.17) is 4.74 Å². The molecule has 6 nitrogen and oxygen atoms in total. The third-order valence-electron chi connectivity index (χ3n) is 4.74. The van der Waals surface area contributed by atoms with Crippen molar-refractivity contribution in [3.8, 4) is 0 Å². The highest BCUT2D eigenvalue weighted by atomic mass is 32.1. The van der Waals surface area contributed by atoms with Gasteiger partial charge in [0, 0.05) is 18.0 Å². The molecule has 1 unspecified atom stereocenters. The third-order valence-corrected chi connectivity index (χ3v) is 5.84. The lowest BCUT2D eigenvalue weighted by atomic mass is 10.2. The number of rotatable bonds is 10. The first-order chi connectivity index (χ1) is 14.0. The Morgan fingerprint density at radius 2 is 2.10 bits per heavy atom. The van der Waals surface area contributed by atoms with Crippen LogP contribution in [0.3, 0.4) is 0 Å². The van der Waals surface area contributed by atoms with Crippen molar-refractivity contribution in [3.05, 3.63) is 75.2 Å². The summed E-state index contributed by atoms with van der Waals surface area (Å²) in [5, 5.41) is 11.0. The van der Waals surface area contributed by atoms with E-state index in [0.29, 0.717) is 37.5 Å². The van der Waals surface area contributed by atoms with Crippen LogP contribution >= 0.6 is 11.3 Å². The van der Waals surface area contributed by atoms with Crippen LogP contribution in [0.2, 0.25) is 0 Å². The zero-order valence-electron chi connectivity index (χ0n) is 16.9. The molecule has 154 valence electrons. The second kappa shape index (κ2) is 9.93. The molecule has 0 aliphatic rings. The first-order valence-corrected chi connectivity index (χ1v) is 10.4. The average Bonchev–Trinajstić information content (AvgIpc) is 2.97. The molecule has 0 bridgehead atoms. The van der Waals surface area contributed by atoms with Crippen LogP contribution in [0.15, 0.2) is 47.8 Å². The van der Waals surface area contributed by atoms with Crippen LogP contribution in [-0.2, 0) is 17.9 Å². The molecule has 29 heavy (non-hydrogen) atoms. The fraction of sp³-hybridized carbons (Fsp3) is 0.364. The van der Waals surface area contributed by atoms with E-state index in [9.17, 15) is 9.90 Å². The van der Waals surface area contributed by atoms with E-state index < -0.39 is 6.10 Å². The standard InChI is InChI=1S/C22H27N3O3S/c1-4-10-25(11-18(26)14-28-13-17-8-6-5-7-9-17)12-19-23-21(27)20-15(2)16(3)29-22(20)24-19/h4-9,18,26H,1,10-14H2,2-3H3,(H,23,24,27). The molecule has 0 amide bonds. The quantitative estimate of drug-likeness (QED) is 0.499. The normalized spacial score (nSPS) is 12.6. The number of aliphatic hydroxyl groups excluding tert-OH is 1. The van der Waals surface area contributed by atoms with Crippen molar-refractivity contribution in [2.45, 2.75) is 33.1 Å². The number of fused-ring (bicyclic) bond motifs is 1. The Bertz CT molecular complexity index is 1010. The maximum atomic E-state index is 12.5. The molecule has 0 saturated heterocycles. The second-order valence-corrected chi connectivity index (χ2v) is 8.32. The van der Waals surface area contributed by atoms with Gasteiger partial charge in [0.05, 0.1) is 31.2 Å². The molecule has 2 N–H and O–H groups in total. The number of nitrogens with zero attached hydrogens (tertiary/aromatic N) is 2. The van der Waals surface area contributed by atoms with Crippen LogP contribution in [-0.4, -0.2) is 45.8 Å². The van der Waals surface area contributed by atoms with E-state index in [1.807, 2.05) is 49.1 Å². The van der Waals surface area contributed by atoms with Crippen LogP contribution < -0.4 is 5.56 Å². The number of hydrogen-bond donors (Lipinski definition) is 2. The first kappa shape index (κ1) is 21.4. The molecule has 0 aliphatic heterocycles. The molecular formula is C22H27N3O3S. The highest BCUT2D eigenvalue weighted by molar-refractivity contribution is 7.18. The number of benzene rings is 1. The van der Waals surface area contributed by atoms with Gasteiger partial charge >= 0.3 is 0 Å². The van der Waals surface area contributed by atoms with E-state index >= 15 is 0 Å². The van der Waals surface area contributed by atoms with E-state index in [1.54, 1.807) is 6.08 Å². The van der Waals surface area contributed by atoms with Gasteiger partial charge in [0.1, 0.15) is 10.7 Å². The molecule has 2 heterocycles. The fourth-order valence-corrected chi connectivity index (χ4v) is 4.26. The van der Waals surface area contributed by atoms with Gasteiger partial charge in [-0.15, -0.1) is 17.9 Å². The number of hydrogen-bond acceptors (Lipinski definition) is 6. The molecule has 3 aromatic rings. The van der Waals surface area contributed by atoms with Crippen molar-refractivity contribution < 1.29 is 9.84 Å². The van der Waals surface area contributed by atoms with Crippen molar-refractivity contribution >= 4 is 21.6 Å². The summed E-state index contributed by atoms with van der Waals surface area (Å²) in [6, 6.07) is 9.86. The molecule has 1 aromatic carbocycles. The van der Waals surface area contributed by atoms with Crippen molar-refractivity contribution in [2.24, 2.45) is 0 Å². The predicted octanol–water partition coefficient (Wildman–Crippen LogP) is 3.17. The maximum Gasteiger partial charge on any atom is 0.259 e. The third kappa shape index (κ3) is 5.61. The minimum Gasteiger partial charge on any atom is -0.389 e. The molecule has 0 fully saturated rings. The largest absolute Gasteiger partial charge is 0.389 e. The SMILES string of the molecule is C=CCN(Cc1nc2sc(C)c(C)c2c(=O)[nH]1)CC(O)COCc1ccccc1. The molecule has 2 aromatic heterocycles. The number of thiophene rings is 1. The lowest BCUT2D eigenvalue weighted by molar-refractivity contribution is 0.0101. The van der Waals surface area contributed by atoms with Crippen molar-refractivity contribution in [2.75, 3.05) is 19.7 Å². The summed E-state index contributed by atoms with van der Waals surface area (Å²) in [5.41, 5.74) is 1.94. The van der Waals surface area contributed by atoms with Gasteiger partial charge in [-0.2, -0.15) is 0 Å². The monoisotopic (exact) mass is 413 g/mol. The maximum absolute atomic E-state index is 12.5. The van der Waals surface area contributed by atoms with Crippen LogP contribution in [0.1, 0.15) is 21.8 Å². The Morgan fingerprint density at radius 3 is 2.83 bits per heavy atom. The number of aromatic nitrogens is 2. The van der Waals surface area contributed by atoms with Gasteiger partial charge in [-0.05, 0) is 25.0 Å². The smallest absolute Gasteiger partial charge is 0.259 e. The molecule has 3 rings (SSSR count). The minimum absolute atomic E-state index is 0.114. The zero-order valence-corrected chi connectivity index (χ0v) is 17.7. The fourth-order valence-electron chi connectivity index (χ4n) is 3.21. The van der Waals surface area contributed by atoms with Crippen LogP contribution in [0.25, 0.3) is 10.2 Å². The van der Waals surface area contributed by atoms with Crippen molar-refractivity contribution in [1.29, 1.82) is 0 Å². The lowest BCUT2D eigenvalue weighted by Gasteiger charge is -2.23. The van der Waals surface area contributed by atoms with Gasteiger partial charge in [-0.3, -0.25) is 9.69 Å². The Kier molecular flexibility index (Phi) is 7.33. The van der Waals surface area contributed by atoms with Gasteiger partial charge in [-0.1, -0.05) is 36.4 Å². The van der Waals surface area contributed by atoms with Gasteiger partial charge in [0.2, 0.25) is 0 Å². The topological polar surface area (TPSA) is 78.5 Å². The van der Waals surface area contributed by atoms with Crippen LogP contribution in [0.4, 0.5) is 0 Å². The number of ether oxygens (including phenoxy) is 1. The lowest BCUT2D eigenvalue weighted by Crippen LogP contribution is -2.35. The Morgan fingerprint density at radius 1 is 1.34 bits per heavy atom.